The molecule has 0 spiro atoms. The van der Waals surface area contributed by atoms with Crippen LogP contribution in [0.2, 0.25) is 0 Å². The maximum atomic E-state index is 13.2. The van der Waals surface area contributed by atoms with Crippen molar-refractivity contribution in [3.63, 3.8) is 0 Å². The number of nitrogens with one attached hydrogen (secondary N) is 2. The van der Waals surface area contributed by atoms with E-state index in [1.54, 1.807) is 18.5 Å². The average Bonchev–Trinajstić information content (AvgIpc) is 3.40. The molecule has 0 aliphatic carbocycles. The van der Waals surface area contributed by atoms with E-state index in [-0.39, 0.29) is 18.4 Å². The number of likely N-dealkylation sites (tertiary alicyclic amines) is 1. The van der Waals surface area contributed by atoms with Crippen LogP contribution in [0.15, 0.2) is 73.2 Å². The predicted octanol–water partition coefficient (Wildman–Crippen LogP) is 3.51. The minimum Gasteiger partial charge on any atom is -0.497 e. The highest BCUT2D eigenvalue weighted by Crippen LogP contribution is 2.28. The second kappa shape index (κ2) is 12.8. The van der Waals surface area contributed by atoms with Gasteiger partial charge in [0.15, 0.2) is 11.6 Å². The van der Waals surface area contributed by atoms with Gasteiger partial charge >= 0.3 is 6.09 Å². The summed E-state index contributed by atoms with van der Waals surface area (Å²) in [6, 6.07) is 18.1. The number of carbonyl (C=O) groups is 2. The van der Waals surface area contributed by atoms with Gasteiger partial charge in [-0.2, -0.15) is 5.10 Å². The Kier molecular flexibility index (Phi) is 8.76. The number of amides is 1. The van der Waals surface area contributed by atoms with Gasteiger partial charge in [-0.1, -0.05) is 36.4 Å². The molecular formula is C30H35N7O4. The lowest BCUT2D eigenvalue weighted by atomic mass is 9.86. The number of Topliss-reactive ketones (excluding diaryl/α,β-unsaturated/α-hetero) is 1. The summed E-state index contributed by atoms with van der Waals surface area (Å²) >= 11 is 0. The number of anilines is 2. The minimum atomic E-state index is -0.646. The highest BCUT2D eigenvalue weighted by molar-refractivity contribution is 5.87. The maximum Gasteiger partial charge on any atom is 0.407 e. The number of hydrogen-bond acceptors (Lipinski definition) is 9. The van der Waals surface area contributed by atoms with Crippen LogP contribution in [0.25, 0.3) is 5.52 Å². The number of fused-ring (bicyclic) bond motifs is 1. The van der Waals surface area contributed by atoms with E-state index in [0.717, 1.165) is 28.1 Å². The molecule has 0 bridgehead atoms. The van der Waals surface area contributed by atoms with Crippen LogP contribution in [0.1, 0.15) is 24.5 Å². The molecule has 0 saturated carbocycles. The molecule has 1 amide bonds. The number of benzene rings is 2. The number of piperidine rings is 1. The molecule has 0 radical (unpaired) electrons. The summed E-state index contributed by atoms with van der Waals surface area (Å²) in [5.74, 6) is 0.844. The Labute approximate surface area is 238 Å². The lowest BCUT2D eigenvalue weighted by molar-refractivity contribution is -0.126. The van der Waals surface area contributed by atoms with Gasteiger partial charge in [-0.05, 0) is 42.7 Å². The summed E-state index contributed by atoms with van der Waals surface area (Å²) in [5, 5.41) is 10.7. The number of ketones is 1. The first-order valence-corrected chi connectivity index (χ1v) is 13.6. The van der Waals surface area contributed by atoms with E-state index in [4.69, 9.17) is 15.2 Å². The Bertz CT molecular complexity index is 1490. The maximum absolute atomic E-state index is 13.2. The van der Waals surface area contributed by atoms with Crippen molar-refractivity contribution in [2.45, 2.75) is 38.6 Å². The molecule has 1 aliphatic heterocycles. The van der Waals surface area contributed by atoms with E-state index in [9.17, 15) is 9.59 Å². The molecule has 1 saturated heterocycles. The van der Waals surface area contributed by atoms with Crippen molar-refractivity contribution in [1.29, 1.82) is 0 Å². The minimum absolute atomic E-state index is 0.0893. The molecule has 11 heteroatoms. The van der Waals surface area contributed by atoms with Crippen molar-refractivity contribution in [1.82, 2.24) is 24.8 Å². The van der Waals surface area contributed by atoms with Crippen LogP contribution in [-0.2, 0) is 22.7 Å². The highest BCUT2D eigenvalue weighted by Gasteiger charge is 2.37. The van der Waals surface area contributed by atoms with Crippen molar-refractivity contribution in [2.24, 2.45) is 11.7 Å². The molecule has 4 N–H and O–H groups in total. The van der Waals surface area contributed by atoms with Crippen LogP contribution in [0, 0.1) is 5.92 Å². The summed E-state index contributed by atoms with van der Waals surface area (Å²) in [7, 11) is 1.63. The highest BCUT2D eigenvalue weighted by atomic mass is 16.5. The van der Waals surface area contributed by atoms with Gasteiger partial charge < -0.3 is 25.8 Å². The van der Waals surface area contributed by atoms with Crippen molar-refractivity contribution in [3.05, 3.63) is 84.3 Å². The standard InChI is InChI=1S/C30H35N7O4/c1-20(31)28(38)25-17-36(13-12-26(25)35-30(39)41-18-21-7-4-3-5-8-21)16-22-11-14-37-27(22)29(32-19-33-37)34-23-9-6-10-24(15-23)40-2/h3-11,14-15,19-20,25-26H,12-13,16-18,31H2,1-2H3,(H,35,39)(H,32,33,34). The molecule has 2 aromatic carbocycles. The number of nitrogens with two attached hydrogens (primary N) is 1. The fourth-order valence-corrected chi connectivity index (χ4v) is 5.19. The number of aromatic nitrogens is 3. The average molecular weight is 558 g/mol. The lowest BCUT2D eigenvalue weighted by Gasteiger charge is -2.38. The van der Waals surface area contributed by atoms with Crippen LogP contribution in [0.3, 0.4) is 0 Å². The summed E-state index contributed by atoms with van der Waals surface area (Å²) in [5.41, 5.74) is 9.60. The van der Waals surface area contributed by atoms with Gasteiger partial charge in [0, 0.05) is 43.6 Å². The summed E-state index contributed by atoms with van der Waals surface area (Å²) in [4.78, 5) is 32.5. The van der Waals surface area contributed by atoms with Gasteiger partial charge in [0.1, 0.15) is 24.2 Å². The van der Waals surface area contributed by atoms with Crippen LogP contribution in [-0.4, -0.2) is 63.7 Å². The van der Waals surface area contributed by atoms with E-state index >= 15 is 0 Å². The monoisotopic (exact) mass is 557 g/mol. The quantitative estimate of drug-likeness (QED) is 0.268. The zero-order chi connectivity index (χ0) is 28.8. The van der Waals surface area contributed by atoms with Crippen molar-refractivity contribution >= 4 is 28.9 Å². The van der Waals surface area contributed by atoms with Crippen molar-refractivity contribution < 1.29 is 19.1 Å². The fourth-order valence-electron chi connectivity index (χ4n) is 5.19. The molecule has 4 aromatic rings. The second-order valence-corrected chi connectivity index (χ2v) is 10.2. The fraction of sp³-hybridized carbons (Fsp3) is 0.333. The number of methoxy groups -OCH3 is 1. The smallest absolute Gasteiger partial charge is 0.407 e. The van der Waals surface area contributed by atoms with Gasteiger partial charge in [-0.25, -0.2) is 14.3 Å². The summed E-state index contributed by atoms with van der Waals surface area (Å²) < 4.78 is 12.5. The molecule has 3 heterocycles. The zero-order valence-corrected chi connectivity index (χ0v) is 23.2. The number of carbonyl (C=O) groups excluding carboxylic acids is 2. The molecule has 5 rings (SSSR count). The van der Waals surface area contributed by atoms with E-state index in [1.165, 1.54) is 6.33 Å². The summed E-state index contributed by atoms with van der Waals surface area (Å²) in [6.07, 6.45) is 3.44. The number of rotatable bonds is 10. The van der Waals surface area contributed by atoms with E-state index in [2.05, 4.69) is 25.6 Å². The Morgan fingerprint density at radius 2 is 1.98 bits per heavy atom. The number of nitrogens with zero attached hydrogens (tertiary/aromatic N) is 4. The second-order valence-electron chi connectivity index (χ2n) is 10.2. The third kappa shape index (κ3) is 6.82. The van der Waals surface area contributed by atoms with Crippen molar-refractivity contribution in [2.75, 3.05) is 25.5 Å². The Morgan fingerprint density at radius 3 is 2.76 bits per heavy atom. The Hall–Kier alpha value is -4.48. The lowest BCUT2D eigenvalue weighted by Crippen LogP contribution is -2.55. The number of ether oxygens (including phenoxy) is 2. The van der Waals surface area contributed by atoms with Crippen LogP contribution in [0.5, 0.6) is 5.75 Å². The zero-order valence-electron chi connectivity index (χ0n) is 23.2. The third-order valence-corrected chi connectivity index (χ3v) is 7.29. The van der Waals surface area contributed by atoms with Gasteiger partial charge in [-0.3, -0.25) is 9.69 Å². The first kappa shape index (κ1) is 28.1. The SMILES string of the molecule is COc1cccc(Nc2ncnn3ccc(CN4CCC(NC(=O)OCc5ccccc5)C(C(=O)C(C)N)C4)c23)c1. The van der Waals surface area contributed by atoms with Crippen LogP contribution < -0.4 is 21.1 Å². The van der Waals surface area contributed by atoms with Gasteiger partial charge in [-0.15, -0.1) is 0 Å². The number of alkyl carbamates (subject to hydrolysis) is 1. The molecular weight excluding hydrogens is 522 g/mol. The Balaban J connectivity index is 1.29. The molecule has 2 aromatic heterocycles. The predicted molar refractivity (Wildman–Crippen MR) is 155 cm³/mol. The normalized spacial score (nSPS) is 18.0. The molecule has 1 aliphatic rings. The van der Waals surface area contributed by atoms with E-state index in [0.29, 0.717) is 31.9 Å². The molecule has 214 valence electrons. The van der Waals surface area contributed by atoms with Crippen molar-refractivity contribution in [3.8, 4) is 5.75 Å². The Morgan fingerprint density at radius 1 is 1.15 bits per heavy atom. The topological polar surface area (TPSA) is 136 Å². The molecule has 3 atom stereocenters. The van der Waals surface area contributed by atoms with Crippen LogP contribution in [0.4, 0.5) is 16.3 Å². The largest absolute Gasteiger partial charge is 0.497 e. The van der Waals surface area contributed by atoms with Gasteiger partial charge in [0.2, 0.25) is 0 Å². The first-order chi connectivity index (χ1) is 19.9. The number of hydrogen-bond donors (Lipinski definition) is 3. The third-order valence-electron chi connectivity index (χ3n) is 7.29. The molecule has 1 fully saturated rings. The molecule has 11 nitrogen and oxygen atoms in total. The molecule has 3 unspecified atom stereocenters. The van der Waals surface area contributed by atoms with E-state index < -0.39 is 18.1 Å². The van der Waals surface area contributed by atoms with Crippen LogP contribution >= 0.6 is 0 Å². The summed E-state index contributed by atoms with van der Waals surface area (Å²) in [6.45, 7) is 3.54. The molecule has 41 heavy (non-hydrogen) atoms. The van der Waals surface area contributed by atoms with Gasteiger partial charge in [0.05, 0.1) is 19.1 Å². The van der Waals surface area contributed by atoms with E-state index in [1.807, 2.05) is 66.9 Å². The van der Waals surface area contributed by atoms with Gasteiger partial charge in [0.25, 0.3) is 0 Å². The first-order valence-electron chi connectivity index (χ1n) is 13.6.